The number of nitrogens with zero attached hydrogens (tertiary/aromatic N) is 4. The van der Waals surface area contributed by atoms with Crippen molar-refractivity contribution in [2.45, 2.75) is 58.9 Å². The zero-order chi connectivity index (χ0) is 39.1. The van der Waals surface area contributed by atoms with E-state index in [1.54, 1.807) is 6.07 Å². The third-order valence-electron chi connectivity index (χ3n) is 10.7. The molecule has 2 saturated heterocycles. The molecule has 2 aromatic heterocycles. The second-order valence-electron chi connectivity index (χ2n) is 14.3. The highest BCUT2D eigenvalue weighted by atomic mass is 19.3. The quantitative estimate of drug-likeness (QED) is 0.129. The molecule has 2 atom stereocenters. The summed E-state index contributed by atoms with van der Waals surface area (Å²) in [6, 6.07) is 20.0. The number of amides is 1. The fourth-order valence-corrected chi connectivity index (χ4v) is 7.73. The topological polar surface area (TPSA) is 170 Å². The number of oxazole rings is 2. The summed E-state index contributed by atoms with van der Waals surface area (Å²) in [6.07, 6.45) is 2.21. The SMILES string of the molecule is Cc1c(-c2nc3cc(COC(=O)[C@@H]4CCCN4)c(OC(F)F)cc3o2)cccc1-c1cccc(-c2nc3cc(CN4CCC(C(N)=O)C4)cc(C#N)c3o2)c1C. The Hall–Kier alpha value is -6.17. The highest BCUT2D eigenvalue weighted by Gasteiger charge is 2.28. The smallest absolute Gasteiger partial charge is 0.387 e. The first-order chi connectivity index (χ1) is 27.1. The number of nitrogens with one attached hydrogen (secondary N) is 1. The van der Waals surface area contributed by atoms with E-state index in [0.29, 0.717) is 66.1 Å². The van der Waals surface area contributed by atoms with E-state index in [4.69, 9.17) is 34.0 Å². The fraction of sp³-hybridized carbons (Fsp3) is 0.310. The number of primary amides is 1. The number of nitrogens with two attached hydrogens (primary N) is 1. The lowest BCUT2D eigenvalue weighted by molar-refractivity contribution is -0.147. The number of fused-ring (bicyclic) bond motifs is 2. The largest absolute Gasteiger partial charge is 0.460 e. The predicted molar refractivity (Wildman–Crippen MR) is 202 cm³/mol. The molecule has 1 amide bonds. The zero-order valence-corrected chi connectivity index (χ0v) is 30.7. The van der Waals surface area contributed by atoms with Crippen LogP contribution in [0.1, 0.15) is 47.1 Å². The number of carbonyl (C=O) groups is 2. The average Bonchev–Trinajstić information content (AvgIpc) is 4.01. The van der Waals surface area contributed by atoms with Gasteiger partial charge in [0.05, 0.1) is 11.5 Å². The number of halogens is 2. The normalized spacial score (nSPS) is 17.2. The fourth-order valence-electron chi connectivity index (χ4n) is 7.73. The number of rotatable bonds is 11. The third kappa shape index (κ3) is 7.18. The summed E-state index contributed by atoms with van der Waals surface area (Å²) in [5, 5.41) is 13.1. The van der Waals surface area contributed by atoms with Crippen molar-refractivity contribution < 1.29 is 36.7 Å². The number of hydrogen-bond donors (Lipinski definition) is 2. The first-order valence-electron chi connectivity index (χ1n) is 18.4. The number of ether oxygens (including phenoxy) is 2. The van der Waals surface area contributed by atoms with Crippen molar-refractivity contribution in [3.8, 4) is 45.9 Å². The highest BCUT2D eigenvalue weighted by Crippen LogP contribution is 2.39. The van der Waals surface area contributed by atoms with Gasteiger partial charge < -0.3 is 29.4 Å². The van der Waals surface area contributed by atoms with Crippen LogP contribution in [0.25, 0.3) is 56.2 Å². The molecular weight excluding hydrogens is 722 g/mol. The van der Waals surface area contributed by atoms with Crippen LogP contribution in [0.4, 0.5) is 8.78 Å². The number of hydrogen-bond acceptors (Lipinski definition) is 11. The van der Waals surface area contributed by atoms with Gasteiger partial charge in [-0.15, -0.1) is 0 Å². The zero-order valence-electron chi connectivity index (χ0n) is 30.7. The minimum absolute atomic E-state index is 0.164. The second-order valence-corrected chi connectivity index (χ2v) is 14.3. The molecule has 2 aliphatic rings. The Labute approximate surface area is 320 Å². The molecule has 2 fully saturated rings. The summed E-state index contributed by atoms with van der Waals surface area (Å²) in [4.78, 5) is 35.9. The van der Waals surface area contributed by atoms with Crippen LogP contribution in [0.3, 0.4) is 0 Å². The van der Waals surface area contributed by atoms with Crippen molar-refractivity contribution in [1.82, 2.24) is 20.2 Å². The van der Waals surface area contributed by atoms with Crippen molar-refractivity contribution in [2.75, 3.05) is 19.6 Å². The van der Waals surface area contributed by atoms with Crippen LogP contribution in [0, 0.1) is 31.1 Å². The van der Waals surface area contributed by atoms with Crippen LogP contribution >= 0.6 is 0 Å². The van der Waals surface area contributed by atoms with Crippen molar-refractivity contribution in [3.05, 3.63) is 88.5 Å². The molecule has 1 unspecified atom stereocenters. The number of likely N-dealkylation sites (tertiary alicyclic amines) is 1. The summed E-state index contributed by atoms with van der Waals surface area (Å²) in [7, 11) is 0. The summed E-state index contributed by atoms with van der Waals surface area (Å²) in [6.45, 7) is 3.15. The number of carbonyl (C=O) groups excluding carboxylic acids is 2. The molecule has 0 aliphatic carbocycles. The van der Waals surface area contributed by atoms with Crippen LogP contribution in [0.2, 0.25) is 0 Å². The minimum atomic E-state index is -3.10. The first-order valence-corrected chi connectivity index (χ1v) is 18.4. The molecule has 286 valence electrons. The van der Waals surface area contributed by atoms with E-state index in [-0.39, 0.29) is 41.2 Å². The standard InChI is InChI=1S/C42H38F2N6O6/c1-22-28(6-3-8-30(22)39-48-33-16-27(21-53-41(52)32-10-5-12-47-32)35(55-42(43)44)17-36(33)54-39)29-7-4-9-31(23(29)2)40-49-34-15-24(14-26(18-45)37(34)56-40)19-50-13-11-25(20-50)38(46)51/h3-4,6-9,14-17,25,32,42,47H,5,10-13,19-21H2,1-2H3,(H2,46,51)/t25?,32-/m0/s1. The van der Waals surface area contributed by atoms with Crippen LogP contribution in [0.5, 0.6) is 5.75 Å². The summed E-state index contributed by atoms with van der Waals surface area (Å²) < 4.78 is 49.5. The molecule has 3 N–H and O–H groups in total. The van der Waals surface area contributed by atoms with E-state index in [0.717, 1.165) is 46.3 Å². The average molecular weight is 761 g/mol. The van der Waals surface area contributed by atoms with Crippen molar-refractivity contribution in [3.63, 3.8) is 0 Å². The van der Waals surface area contributed by atoms with Crippen LogP contribution in [-0.2, 0) is 27.5 Å². The van der Waals surface area contributed by atoms with E-state index < -0.39 is 18.6 Å². The van der Waals surface area contributed by atoms with E-state index in [2.05, 4.69) is 16.3 Å². The number of alkyl halides is 2. The maximum atomic E-state index is 13.4. The minimum Gasteiger partial charge on any atom is -0.460 e. The van der Waals surface area contributed by atoms with E-state index in [9.17, 15) is 23.6 Å². The Balaban J connectivity index is 1.09. The lowest BCUT2D eigenvalue weighted by Gasteiger charge is -2.15. The van der Waals surface area contributed by atoms with Gasteiger partial charge in [0.25, 0.3) is 0 Å². The molecule has 0 spiro atoms. The van der Waals surface area contributed by atoms with Crippen LogP contribution in [-0.4, -0.2) is 59.0 Å². The summed E-state index contributed by atoms with van der Waals surface area (Å²) >= 11 is 0. The van der Waals surface area contributed by atoms with E-state index in [1.165, 1.54) is 12.1 Å². The molecule has 2 aliphatic heterocycles. The lowest BCUT2D eigenvalue weighted by atomic mass is 9.91. The van der Waals surface area contributed by atoms with Gasteiger partial charge in [-0.3, -0.25) is 14.5 Å². The number of esters is 1. The van der Waals surface area contributed by atoms with Gasteiger partial charge in [0.15, 0.2) is 11.2 Å². The summed E-state index contributed by atoms with van der Waals surface area (Å²) in [5.41, 5.74) is 13.6. The van der Waals surface area contributed by atoms with Crippen molar-refractivity contribution in [2.24, 2.45) is 11.7 Å². The molecule has 0 radical (unpaired) electrons. The van der Waals surface area contributed by atoms with Crippen molar-refractivity contribution in [1.29, 1.82) is 5.26 Å². The van der Waals surface area contributed by atoms with Gasteiger partial charge in [-0.05, 0) is 104 Å². The Morgan fingerprint density at radius 3 is 2.32 bits per heavy atom. The van der Waals surface area contributed by atoms with E-state index >= 15 is 0 Å². The molecule has 4 aromatic carbocycles. The molecule has 14 heteroatoms. The maximum absolute atomic E-state index is 13.4. The monoisotopic (exact) mass is 760 g/mol. The Morgan fingerprint density at radius 1 is 0.982 bits per heavy atom. The molecule has 6 aromatic rings. The second kappa shape index (κ2) is 15.2. The highest BCUT2D eigenvalue weighted by molar-refractivity contribution is 5.86. The van der Waals surface area contributed by atoms with Gasteiger partial charge >= 0.3 is 12.6 Å². The van der Waals surface area contributed by atoms with Crippen molar-refractivity contribution >= 4 is 34.1 Å². The Kier molecular flexibility index (Phi) is 9.96. The predicted octanol–water partition coefficient (Wildman–Crippen LogP) is 7.16. The molecule has 8 rings (SSSR count). The van der Waals surface area contributed by atoms with Gasteiger partial charge in [0.1, 0.15) is 35.5 Å². The van der Waals surface area contributed by atoms with Gasteiger partial charge in [-0.25, -0.2) is 9.97 Å². The number of nitriles is 1. The lowest BCUT2D eigenvalue weighted by Crippen LogP contribution is -2.32. The van der Waals surface area contributed by atoms with Gasteiger partial charge in [0, 0.05) is 35.8 Å². The number of aromatic nitrogens is 2. The third-order valence-corrected chi connectivity index (χ3v) is 10.7. The van der Waals surface area contributed by atoms with Gasteiger partial charge in [0.2, 0.25) is 17.7 Å². The summed E-state index contributed by atoms with van der Waals surface area (Å²) in [5.74, 6) is -0.443. The Morgan fingerprint density at radius 2 is 1.68 bits per heavy atom. The molecule has 4 heterocycles. The first kappa shape index (κ1) is 36.8. The van der Waals surface area contributed by atoms with Gasteiger partial charge in [-0.1, -0.05) is 24.3 Å². The van der Waals surface area contributed by atoms with Crippen LogP contribution < -0.4 is 15.8 Å². The molecule has 12 nitrogen and oxygen atoms in total. The van der Waals surface area contributed by atoms with Crippen LogP contribution in [0.15, 0.2) is 69.5 Å². The van der Waals surface area contributed by atoms with Gasteiger partial charge in [-0.2, -0.15) is 14.0 Å². The number of benzene rings is 4. The molecule has 56 heavy (non-hydrogen) atoms. The molecular formula is C42H38F2N6O6. The molecule has 0 bridgehead atoms. The maximum Gasteiger partial charge on any atom is 0.387 e. The van der Waals surface area contributed by atoms with E-state index in [1.807, 2.05) is 56.3 Å². The Bertz CT molecular complexity index is 2540. The molecule has 0 saturated carbocycles.